The van der Waals surface area contributed by atoms with Gasteiger partial charge in [-0.2, -0.15) is 0 Å². The first kappa shape index (κ1) is 21.6. The fourth-order valence-electron chi connectivity index (χ4n) is 3.28. The van der Waals surface area contributed by atoms with Crippen LogP contribution in [0.4, 0.5) is 0 Å². The van der Waals surface area contributed by atoms with Crippen LogP contribution in [0.25, 0.3) is 0 Å². The van der Waals surface area contributed by atoms with Crippen molar-refractivity contribution >= 4 is 11.7 Å². The number of nitrogens with zero attached hydrogens (tertiary/aromatic N) is 2. The highest BCUT2D eigenvalue weighted by Gasteiger charge is 2.16. The van der Waals surface area contributed by atoms with Crippen LogP contribution in [0.5, 0.6) is 11.5 Å². The third-order valence-electron chi connectivity index (χ3n) is 5.15. The zero-order chi connectivity index (χ0) is 21.3. The largest absolute Gasteiger partial charge is 0.492 e. The number of nitrogens with two attached hydrogens (primary N) is 2. The maximum Gasteiger partial charge on any atom is 0.122 e. The zero-order valence-corrected chi connectivity index (χ0v) is 17.1. The lowest BCUT2D eigenvalue weighted by atomic mass is 10.2. The summed E-state index contributed by atoms with van der Waals surface area (Å²) in [6.07, 6.45) is 0. The van der Waals surface area contributed by atoms with E-state index in [-0.39, 0.29) is 11.7 Å². The molecule has 3 rings (SSSR count). The Balaban J connectivity index is 1.29. The Morgan fingerprint density at radius 2 is 1.00 bits per heavy atom. The van der Waals surface area contributed by atoms with Gasteiger partial charge in [0.1, 0.15) is 36.4 Å². The van der Waals surface area contributed by atoms with Gasteiger partial charge in [-0.25, -0.2) is 0 Å². The minimum atomic E-state index is 0.0655. The van der Waals surface area contributed by atoms with Gasteiger partial charge in [-0.3, -0.25) is 20.6 Å². The van der Waals surface area contributed by atoms with Gasteiger partial charge in [0.2, 0.25) is 0 Å². The number of hydrogen-bond acceptors (Lipinski definition) is 6. The van der Waals surface area contributed by atoms with Gasteiger partial charge in [-0.05, 0) is 48.5 Å². The highest BCUT2D eigenvalue weighted by Crippen LogP contribution is 2.13. The molecule has 2 aromatic rings. The predicted molar refractivity (Wildman–Crippen MR) is 119 cm³/mol. The summed E-state index contributed by atoms with van der Waals surface area (Å²) in [5.74, 6) is 1.73. The van der Waals surface area contributed by atoms with Crippen LogP contribution < -0.4 is 20.9 Å². The lowest BCUT2D eigenvalue weighted by Crippen LogP contribution is -2.48. The molecule has 1 heterocycles. The molecule has 0 aromatic heterocycles. The lowest BCUT2D eigenvalue weighted by molar-refractivity contribution is 0.105. The van der Waals surface area contributed by atoms with Crippen LogP contribution in [0, 0.1) is 10.8 Å². The van der Waals surface area contributed by atoms with E-state index >= 15 is 0 Å². The Morgan fingerprint density at radius 3 is 1.30 bits per heavy atom. The average Bonchev–Trinajstić information content (AvgIpc) is 2.75. The topological polar surface area (TPSA) is 125 Å². The molecular weight excluding hydrogens is 380 g/mol. The number of piperazine rings is 1. The quantitative estimate of drug-likeness (QED) is 0.346. The van der Waals surface area contributed by atoms with Gasteiger partial charge in [-0.1, -0.05) is 0 Å². The number of nitrogens with one attached hydrogen (secondary N) is 2. The fraction of sp³-hybridized carbons (Fsp3) is 0.364. The molecule has 30 heavy (non-hydrogen) atoms. The number of rotatable bonds is 10. The monoisotopic (exact) mass is 410 g/mol. The Kier molecular flexibility index (Phi) is 7.64. The van der Waals surface area contributed by atoms with Crippen molar-refractivity contribution in [1.29, 1.82) is 10.8 Å². The van der Waals surface area contributed by atoms with Gasteiger partial charge in [0.25, 0.3) is 0 Å². The third-order valence-corrected chi connectivity index (χ3v) is 5.15. The maximum atomic E-state index is 7.41. The summed E-state index contributed by atoms with van der Waals surface area (Å²) >= 11 is 0. The first-order valence-corrected chi connectivity index (χ1v) is 10.1. The number of amidine groups is 2. The number of hydrogen-bond donors (Lipinski definition) is 4. The van der Waals surface area contributed by atoms with E-state index in [2.05, 4.69) is 9.80 Å². The van der Waals surface area contributed by atoms with E-state index in [1.807, 2.05) is 24.3 Å². The molecule has 0 atom stereocenters. The SMILES string of the molecule is N=C(N)c1ccc(OCCN2CCN(CCOc3ccc(C(=N)N)cc3)CC2)cc1. The van der Waals surface area contributed by atoms with Gasteiger partial charge in [0, 0.05) is 50.4 Å². The van der Waals surface area contributed by atoms with E-state index in [0.717, 1.165) is 50.8 Å². The van der Waals surface area contributed by atoms with Gasteiger partial charge >= 0.3 is 0 Å². The smallest absolute Gasteiger partial charge is 0.122 e. The van der Waals surface area contributed by atoms with Crippen LogP contribution in [0.3, 0.4) is 0 Å². The van der Waals surface area contributed by atoms with E-state index in [4.69, 9.17) is 31.8 Å². The predicted octanol–water partition coefficient (Wildman–Crippen LogP) is 1.33. The molecule has 0 aliphatic carbocycles. The van der Waals surface area contributed by atoms with E-state index < -0.39 is 0 Å². The minimum absolute atomic E-state index is 0.0655. The van der Waals surface area contributed by atoms with Crippen molar-refractivity contribution in [3.8, 4) is 11.5 Å². The highest BCUT2D eigenvalue weighted by molar-refractivity contribution is 5.95. The number of benzene rings is 2. The van der Waals surface area contributed by atoms with Gasteiger partial charge < -0.3 is 20.9 Å². The molecule has 1 saturated heterocycles. The van der Waals surface area contributed by atoms with E-state index in [1.54, 1.807) is 24.3 Å². The van der Waals surface area contributed by atoms with E-state index in [0.29, 0.717) is 24.3 Å². The average molecular weight is 411 g/mol. The third kappa shape index (κ3) is 6.47. The Bertz CT molecular complexity index is 758. The normalized spacial score (nSPS) is 14.9. The zero-order valence-electron chi connectivity index (χ0n) is 17.1. The van der Waals surface area contributed by atoms with Crippen LogP contribution >= 0.6 is 0 Å². The second kappa shape index (κ2) is 10.6. The Morgan fingerprint density at radius 1 is 0.667 bits per heavy atom. The summed E-state index contributed by atoms with van der Waals surface area (Å²) < 4.78 is 11.6. The summed E-state index contributed by atoms with van der Waals surface area (Å²) in [6, 6.07) is 14.6. The van der Waals surface area contributed by atoms with Crippen LogP contribution in [-0.2, 0) is 0 Å². The lowest BCUT2D eigenvalue weighted by Gasteiger charge is -2.34. The second-order valence-corrected chi connectivity index (χ2v) is 7.26. The highest BCUT2D eigenvalue weighted by atomic mass is 16.5. The Hall–Kier alpha value is -3.10. The molecule has 1 fully saturated rings. The van der Waals surface area contributed by atoms with Crippen molar-refractivity contribution in [2.45, 2.75) is 0 Å². The molecule has 6 N–H and O–H groups in total. The molecule has 0 radical (unpaired) electrons. The van der Waals surface area contributed by atoms with Crippen molar-refractivity contribution in [2.24, 2.45) is 11.5 Å². The van der Waals surface area contributed by atoms with Crippen LogP contribution in [0.1, 0.15) is 11.1 Å². The van der Waals surface area contributed by atoms with Crippen LogP contribution in [0.2, 0.25) is 0 Å². The number of ether oxygens (including phenoxy) is 2. The molecule has 0 unspecified atom stereocenters. The van der Waals surface area contributed by atoms with Crippen molar-refractivity contribution in [3.05, 3.63) is 59.7 Å². The van der Waals surface area contributed by atoms with Gasteiger partial charge in [0.05, 0.1) is 0 Å². The molecule has 0 bridgehead atoms. The standard InChI is InChI=1S/C22H30N6O2/c23-21(24)17-1-5-19(6-2-17)29-15-13-27-9-11-28(12-10-27)14-16-30-20-7-3-18(4-8-20)22(25)26/h1-8H,9-16H2,(H3,23,24)(H3,25,26). The van der Waals surface area contributed by atoms with E-state index in [1.165, 1.54) is 0 Å². The van der Waals surface area contributed by atoms with Gasteiger partial charge in [-0.15, -0.1) is 0 Å². The van der Waals surface area contributed by atoms with Crippen molar-refractivity contribution in [2.75, 3.05) is 52.5 Å². The molecule has 0 amide bonds. The van der Waals surface area contributed by atoms with Crippen molar-refractivity contribution in [1.82, 2.24) is 9.80 Å². The first-order valence-electron chi connectivity index (χ1n) is 10.1. The summed E-state index contributed by atoms with van der Waals surface area (Å²) in [7, 11) is 0. The molecule has 8 nitrogen and oxygen atoms in total. The molecule has 1 aliphatic heterocycles. The van der Waals surface area contributed by atoms with Gasteiger partial charge in [0.15, 0.2) is 0 Å². The summed E-state index contributed by atoms with van der Waals surface area (Å²) in [4.78, 5) is 4.81. The fourth-order valence-corrected chi connectivity index (χ4v) is 3.28. The summed E-state index contributed by atoms with van der Waals surface area (Å²) in [5.41, 5.74) is 12.3. The maximum absolute atomic E-state index is 7.41. The second-order valence-electron chi connectivity index (χ2n) is 7.26. The molecular formula is C22H30N6O2. The molecule has 160 valence electrons. The van der Waals surface area contributed by atoms with Crippen molar-refractivity contribution in [3.63, 3.8) is 0 Å². The van der Waals surface area contributed by atoms with Crippen LogP contribution in [-0.4, -0.2) is 74.0 Å². The molecule has 0 saturated carbocycles. The van der Waals surface area contributed by atoms with E-state index in [9.17, 15) is 0 Å². The molecule has 0 spiro atoms. The first-order chi connectivity index (χ1) is 14.5. The number of nitrogen functional groups attached to an aromatic ring is 2. The summed E-state index contributed by atoms with van der Waals surface area (Å²) in [6.45, 7) is 7.11. The van der Waals surface area contributed by atoms with Crippen molar-refractivity contribution < 1.29 is 9.47 Å². The molecule has 2 aromatic carbocycles. The Labute approximate surface area is 177 Å². The molecule has 8 heteroatoms. The van der Waals surface area contributed by atoms with Crippen LogP contribution in [0.15, 0.2) is 48.5 Å². The summed E-state index contributed by atoms with van der Waals surface area (Å²) in [5, 5.41) is 14.8. The minimum Gasteiger partial charge on any atom is -0.492 e. The molecule has 1 aliphatic rings.